The lowest BCUT2D eigenvalue weighted by Gasteiger charge is -2.44. The quantitative estimate of drug-likeness (QED) is 0.612. The van der Waals surface area contributed by atoms with Gasteiger partial charge in [-0.3, -0.25) is 19.3 Å². The van der Waals surface area contributed by atoms with Crippen LogP contribution in [0.15, 0.2) is 48.5 Å². The van der Waals surface area contributed by atoms with Crippen molar-refractivity contribution in [3.63, 3.8) is 0 Å². The average Bonchev–Trinajstić information content (AvgIpc) is 3.22. The van der Waals surface area contributed by atoms with Crippen molar-refractivity contribution in [3.8, 4) is 0 Å². The third-order valence-corrected chi connectivity index (χ3v) is 6.62. The van der Waals surface area contributed by atoms with Gasteiger partial charge in [0.15, 0.2) is 0 Å². The van der Waals surface area contributed by atoms with E-state index >= 15 is 0 Å². The molecule has 0 unspecified atom stereocenters. The fraction of sp³-hybridized carbons (Fsp3) is 0.400. The Morgan fingerprint density at radius 2 is 1.83 bits per heavy atom. The highest BCUT2D eigenvalue weighted by Crippen LogP contribution is 2.39. The lowest BCUT2D eigenvalue weighted by atomic mass is 9.96. The Morgan fingerprint density at radius 1 is 1.11 bits per heavy atom. The molecule has 0 saturated carbocycles. The van der Waals surface area contributed by atoms with Gasteiger partial charge in [0.25, 0.3) is 11.8 Å². The summed E-state index contributed by atoms with van der Waals surface area (Å²) in [6.45, 7) is 1.30. The van der Waals surface area contributed by atoms with Gasteiger partial charge in [-0.1, -0.05) is 17.7 Å². The van der Waals surface area contributed by atoms with E-state index in [1.165, 1.54) is 36.3 Å². The first-order valence-corrected chi connectivity index (χ1v) is 11.8. The zero-order valence-electron chi connectivity index (χ0n) is 19.3. The highest BCUT2D eigenvalue weighted by molar-refractivity contribution is 6.30. The van der Waals surface area contributed by atoms with Crippen LogP contribution in [0.25, 0.3) is 0 Å². The Bertz CT molecular complexity index is 1090. The van der Waals surface area contributed by atoms with Crippen molar-refractivity contribution in [2.75, 3.05) is 40.0 Å². The number of ether oxygens (including phenoxy) is 2. The zero-order chi connectivity index (χ0) is 25.0. The number of carbonyl (C=O) groups excluding carboxylic acids is 3. The van der Waals surface area contributed by atoms with Crippen molar-refractivity contribution >= 4 is 29.3 Å². The number of hydrogen-bond donors (Lipinski definition) is 1. The predicted molar refractivity (Wildman–Crippen MR) is 127 cm³/mol. The number of likely N-dealkylation sites (tertiary alicyclic amines) is 1. The van der Waals surface area contributed by atoms with Crippen LogP contribution in [0, 0.1) is 5.82 Å². The van der Waals surface area contributed by atoms with Crippen molar-refractivity contribution < 1.29 is 28.2 Å². The Morgan fingerprint density at radius 3 is 2.49 bits per heavy atom. The van der Waals surface area contributed by atoms with Gasteiger partial charge in [-0.15, -0.1) is 0 Å². The second-order valence-corrected chi connectivity index (χ2v) is 8.98. The summed E-state index contributed by atoms with van der Waals surface area (Å²) in [5.74, 6) is -1.41. The van der Waals surface area contributed by atoms with Gasteiger partial charge < -0.3 is 19.7 Å². The Hall–Kier alpha value is -3.01. The molecule has 2 aliphatic heterocycles. The van der Waals surface area contributed by atoms with Crippen molar-refractivity contribution in [3.05, 3.63) is 70.5 Å². The van der Waals surface area contributed by atoms with E-state index in [9.17, 15) is 18.8 Å². The first-order chi connectivity index (χ1) is 16.8. The average molecular weight is 504 g/mol. The molecule has 8 nitrogen and oxygen atoms in total. The van der Waals surface area contributed by atoms with E-state index in [0.29, 0.717) is 49.7 Å². The molecular weight excluding hydrogens is 477 g/mol. The maximum Gasteiger partial charge on any atom is 0.256 e. The van der Waals surface area contributed by atoms with Crippen LogP contribution >= 0.6 is 11.6 Å². The monoisotopic (exact) mass is 503 g/mol. The second-order valence-electron chi connectivity index (χ2n) is 8.54. The second kappa shape index (κ2) is 10.7. The van der Waals surface area contributed by atoms with E-state index in [2.05, 4.69) is 5.32 Å². The summed E-state index contributed by atoms with van der Waals surface area (Å²) in [5, 5.41) is 3.25. The summed E-state index contributed by atoms with van der Waals surface area (Å²) in [4.78, 5) is 42.7. The molecule has 2 aromatic carbocycles. The molecule has 2 saturated heterocycles. The van der Waals surface area contributed by atoms with Gasteiger partial charge in [0.1, 0.15) is 17.6 Å². The topological polar surface area (TPSA) is 88.2 Å². The molecule has 0 aliphatic carbocycles. The molecule has 4 rings (SSSR count). The van der Waals surface area contributed by atoms with Crippen LogP contribution in [0.1, 0.15) is 33.6 Å². The van der Waals surface area contributed by atoms with Gasteiger partial charge >= 0.3 is 0 Å². The summed E-state index contributed by atoms with van der Waals surface area (Å²) in [7, 11) is 1.53. The highest BCUT2D eigenvalue weighted by atomic mass is 35.5. The number of nitrogens with one attached hydrogen (secondary N) is 1. The molecule has 2 aromatic rings. The third kappa shape index (κ3) is 5.32. The van der Waals surface area contributed by atoms with Crippen LogP contribution in [0.3, 0.4) is 0 Å². The SMILES string of the molecule is COCCNC(=O)[C@@H]1COC2(CCN(C(=O)c3cccc(Cl)c3)CC2)N1C(=O)c1ccc(F)cc1. The molecule has 10 heteroatoms. The maximum absolute atomic E-state index is 13.6. The van der Waals surface area contributed by atoms with Crippen molar-refractivity contribution in [2.24, 2.45) is 0 Å². The number of amides is 3. The highest BCUT2D eigenvalue weighted by Gasteiger charge is 2.54. The summed E-state index contributed by atoms with van der Waals surface area (Å²) in [5.41, 5.74) is -0.321. The van der Waals surface area contributed by atoms with Crippen LogP contribution < -0.4 is 5.32 Å². The number of methoxy groups -OCH3 is 1. The Balaban J connectivity index is 1.55. The molecule has 3 amide bonds. The number of benzene rings is 2. The molecular formula is C25H27ClFN3O5. The molecule has 1 N–H and O–H groups in total. The van der Waals surface area contributed by atoms with Gasteiger partial charge in [0.2, 0.25) is 5.91 Å². The lowest BCUT2D eigenvalue weighted by molar-refractivity contribution is -0.128. The number of carbonyl (C=O) groups is 3. The Labute approximate surface area is 207 Å². The summed E-state index contributed by atoms with van der Waals surface area (Å²) in [6.07, 6.45) is 0.655. The number of halogens is 2. The standard InChI is InChI=1S/C25H27ClFN3O5/c1-34-14-11-28-22(31)21-16-35-25(30(21)24(33)17-5-7-20(27)8-6-17)9-12-29(13-10-25)23(32)18-3-2-4-19(26)15-18/h2-8,15,21H,9-14,16H2,1H3,(H,28,31)/t21-/m0/s1. The molecule has 0 aromatic heterocycles. The van der Waals surface area contributed by atoms with E-state index in [1.54, 1.807) is 29.2 Å². The zero-order valence-corrected chi connectivity index (χ0v) is 20.1. The molecule has 1 spiro atoms. The maximum atomic E-state index is 13.6. The van der Waals surface area contributed by atoms with Gasteiger partial charge in [-0.05, 0) is 42.5 Å². The molecule has 2 fully saturated rings. The normalized spacial score (nSPS) is 19.1. The van der Waals surface area contributed by atoms with Crippen LogP contribution in [0.4, 0.5) is 4.39 Å². The molecule has 2 heterocycles. The number of rotatable bonds is 6. The summed E-state index contributed by atoms with van der Waals surface area (Å²) in [6, 6.07) is 11.1. The van der Waals surface area contributed by atoms with Crippen molar-refractivity contribution in [1.29, 1.82) is 0 Å². The molecule has 186 valence electrons. The van der Waals surface area contributed by atoms with E-state index in [4.69, 9.17) is 21.1 Å². The minimum atomic E-state index is -1.06. The van der Waals surface area contributed by atoms with E-state index in [0.717, 1.165) is 0 Å². The van der Waals surface area contributed by atoms with E-state index in [1.807, 2.05) is 0 Å². The largest absolute Gasteiger partial charge is 0.383 e. The number of piperidine rings is 1. The number of nitrogens with zero attached hydrogens (tertiary/aromatic N) is 2. The molecule has 2 aliphatic rings. The fourth-order valence-electron chi connectivity index (χ4n) is 4.56. The molecule has 35 heavy (non-hydrogen) atoms. The molecule has 0 bridgehead atoms. The summed E-state index contributed by atoms with van der Waals surface area (Å²) < 4.78 is 24.6. The van der Waals surface area contributed by atoms with Crippen LogP contribution in [-0.2, 0) is 14.3 Å². The first-order valence-electron chi connectivity index (χ1n) is 11.4. The van der Waals surface area contributed by atoms with Crippen LogP contribution in [0.5, 0.6) is 0 Å². The van der Waals surface area contributed by atoms with Crippen molar-refractivity contribution in [1.82, 2.24) is 15.1 Å². The smallest absolute Gasteiger partial charge is 0.256 e. The van der Waals surface area contributed by atoms with Gasteiger partial charge in [-0.25, -0.2) is 4.39 Å². The third-order valence-electron chi connectivity index (χ3n) is 6.38. The van der Waals surface area contributed by atoms with Gasteiger partial charge in [0.05, 0.1) is 13.2 Å². The fourth-order valence-corrected chi connectivity index (χ4v) is 4.75. The van der Waals surface area contributed by atoms with Crippen LogP contribution in [0.2, 0.25) is 5.02 Å². The minimum Gasteiger partial charge on any atom is -0.383 e. The Kier molecular flexibility index (Phi) is 7.69. The van der Waals surface area contributed by atoms with E-state index < -0.39 is 23.5 Å². The van der Waals surface area contributed by atoms with Crippen molar-refractivity contribution in [2.45, 2.75) is 24.6 Å². The lowest BCUT2D eigenvalue weighted by Crippen LogP contribution is -2.60. The number of hydrogen-bond acceptors (Lipinski definition) is 5. The van der Waals surface area contributed by atoms with E-state index in [-0.39, 0.29) is 24.0 Å². The summed E-state index contributed by atoms with van der Waals surface area (Å²) >= 11 is 6.04. The van der Waals surface area contributed by atoms with Crippen LogP contribution in [-0.4, -0.2) is 79.2 Å². The minimum absolute atomic E-state index is 0.0218. The van der Waals surface area contributed by atoms with Gasteiger partial charge in [0, 0.05) is 55.7 Å². The van der Waals surface area contributed by atoms with Gasteiger partial charge in [-0.2, -0.15) is 0 Å². The molecule has 0 radical (unpaired) electrons. The predicted octanol–water partition coefficient (Wildman–Crippen LogP) is 2.72. The molecule has 1 atom stereocenters. The first kappa shape index (κ1) is 25.1.